The second kappa shape index (κ2) is 17.5. The van der Waals surface area contributed by atoms with Crippen LogP contribution in [0.2, 0.25) is 5.02 Å². The lowest BCUT2D eigenvalue weighted by Gasteiger charge is -2.39. The number of hydrogen-bond donors (Lipinski definition) is 3. The number of carbonyl (C=O) groups excluding carboxylic acids is 3. The lowest BCUT2D eigenvalue weighted by atomic mass is 9.93. The lowest BCUT2D eigenvalue weighted by molar-refractivity contribution is -0.123. The van der Waals surface area contributed by atoms with Gasteiger partial charge in [-0.15, -0.1) is 10.2 Å². The number of nitrogens with zero attached hydrogens (tertiary/aromatic N) is 6. The van der Waals surface area contributed by atoms with Gasteiger partial charge >= 0.3 is 0 Å². The Balaban J connectivity index is 0.802. The molecule has 14 heteroatoms. The second-order valence-electron chi connectivity index (χ2n) is 15.0. The third-order valence-corrected chi connectivity index (χ3v) is 11.5. The van der Waals surface area contributed by atoms with Crippen LogP contribution < -0.4 is 30.5 Å². The summed E-state index contributed by atoms with van der Waals surface area (Å²) in [4.78, 5) is 45.3. The fourth-order valence-electron chi connectivity index (χ4n) is 7.95. The van der Waals surface area contributed by atoms with Crippen molar-refractivity contribution in [2.45, 2.75) is 69.6 Å². The van der Waals surface area contributed by atoms with Gasteiger partial charge in [-0.1, -0.05) is 24.2 Å². The number of nitrogens with one attached hydrogen (secondary N) is 3. The van der Waals surface area contributed by atoms with Gasteiger partial charge < -0.3 is 30.5 Å². The van der Waals surface area contributed by atoms with Gasteiger partial charge in [-0.25, -0.2) is 0 Å². The minimum atomic E-state index is -0.544. The molecule has 1 saturated carbocycles. The first-order chi connectivity index (χ1) is 26.7. The minimum absolute atomic E-state index is 0.0312. The molecule has 1 aliphatic carbocycles. The van der Waals surface area contributed by atoms with Crippen molar-refractivity contribution in [1.82, 2.24) is 31.0 Å². The van der Waals surface area contributed by atoms with Crippen LogP contribution in [-0.2, 0) is 4.79 Å². The molecule has 7 rings (SSSR count). The van der Waals surface area contributed by atoms with E-state index < -0.39 is 6.04 Å². The SMILES string of the molecule is C=C1CCC(NC(=O)c2cccc(N3CCN(CC4CCN(c5ccc(C(=O)NC6CCC(Oc7ccc(C#N)c(Cl)c7)CC6)nn5)CC4)CC3)c2)C(=O)N1. The van der Waals surface area contributed by atoms with Crippen LogP contribution in [0.4, 0.5) is 11.5 Å². The van der Waals surface area contributed by atoms with Crippen molar-refractivity contribution in [1.29, 1.82) is 5.26 Å². The van der Waals surface area contributed by atoms with Crippen molar-refractivity contribution in [3.63, 3.8) is 0 Å². The van der Waals surface area contributed by atoms with E-state index in [1.807, 2.05) is 24.3 Å². The molecular formula is C41H48ClN9O4. The highest BCUT2D eigenvalue weighted by molar-refractivity contribution is 6.31. The monoisotopic (exact) mass is 765 g/mol. The van der Waals surface area contributed by atoms with Crippen LogP contribution in [0.15, 0.2) is 66.9 Å². The van der Waals surface area contributed by atoms with Gasteiger partial charge in [-0.05, 0) is 99.7 Å². The molecule has 4 heterocycles. The lowest BCUT2D eigenvalue weighted by Crippen LogP contribution is -2.49. The number of hydrogen-bond acceptors (Lipinski definition) is 10. The molecular weight excluding hydrogens is 718 g/mol. The summed E-state index contributed by atoms with van der Waals surface area (Å²) in [5, 5.41) is 26.9. The zero-order valence-electron chi connectivity index (χ0n) is 31.0. The molecule has 288 valence electrons. The maximum absolute atomic E-state index is 13.0. The fourth-order valence-corrected chi connectivity index (χ4v) is 8.16. The summed E-state index contributed by atoms with van der Waals surface area (Å²) in [5.41, 5.74) is 3.01. The minimum Gasteiger partial charge on any atom is -0.490 e. The zero-order chi connectivity index (χ0) is 38.3. The molecule has 13 nitrogen and oxygen atoms in total. The molecule has 4 fully saturated rings. The number of ether oxygens (including phenoxy) is 1. The number of halogens is 1. The third-order valence-electron chi connectivity index (χ3n) is 11.2. The maximum atomic E-state index is 13.0. The van der Waals surface area contributed by atoms with Crippen LogP contribution in [0, 0.1) is 17.2 Å². The number of carbonyl (C=O) groups is 3. The number of benzene rings is 2. The summed E-state index contributed by atoms with van der Waals surface area (Å²) in [6.45, 7) is 10.4. The van der Waals surface area contributed by atoms with Crippen LogP contribution in [-0.4, -0.2) is 96.8 Å². The van der Waals surface area contributed by atoms with Crippen LogP contribution in [0.1, 0.15) is 77.8 Å². The van der Waals surface area contributed by atoms with Gasteiger partial charge in [0.25, 0.3) is 11.8 Å². The fraction of sp³-hybridized carbons (Fsp3) is 0.463. The Morgan fingerprint density at radius 1 is 0.891 bits per heavy atom. The van der Waals surface area contributed by atoms with Crippen molar-refractivity contribution in [3.05, 3.63) is 88.7 Å². The van der Waals surface area contributed by atoms with Gasteiger partial charge in [0.05, 0.1) is 16.7 Å². The number of allylic oxidation sites excluding steroid dienone is 1. The Kier molecular flexibility index (Phi) is 12.1. The molecule has 0 bridgehead atoms. The number of nitriles is 1. The smallest absolute Gasteiger partial charge is 0.272 e. The molecule has 3 N–H and O–H groups in total. The number of rotatable bonds is 10. The highest BCUT2D eigenvalue weighted by Gasteiger charge is 2.28. The van der Waals surface area contributed by atoms with Gasteiger partial charge in [0.1, 0.15) is 17.9 Å². The molecule has 1 atom stereocenters. The molecule has 1 aromatic heterocycles. The molecule has 2 aromatic carbocycles. The summed E-state index contributed by atoms with van der Waals surface area (Å²) < 4.78 is 6.08. The van der Waals surface area contributed by atoms with E-state index in [1.165, 1.54) is 0 Å². The summed E-state index contributed by atoms with van der Waals surface area (Å²) in [7, 11) is 0. The maximum Gasteiger partial charge on any atom is 0.272 e. The largest absolute Gasteiger partial charge is 0.490 e. The number of aromatic nitrogens is 2. The highest BCUT2D eigenvalue weighted by atomic mass is 35.5. The van der Waals surface area contributed by atoms with E-state index in [0.717, 1.165) is 95.8 Å². The average molecular weight is 766 g/mol. The van der Waals surface area contributed by atoms with Crippen LogP contribution >= 0.6 is 11.6 Å². The van der Waals surface area contributed by atoms with Gasteiger partial charge in [-0.3, -0.25) is 19.3 Å². The summed E-state index contributed by atoms with van der Waals surface area (Å²) in [5.74, 6) is 1.39. The molecule has 3 saturated heterocycles. The molecule has 55 heavy (non-hydrogen) atoms. The molecule has 1 unspecified atom stereocenters. The van der Waals surface area contributed by atoms with E-state index in [9.17, 15) is 14.4 Å². The Labute approximate surface area is 327 Å². The van der Waals surface area contributed by atoms with Crippen molar-refractivity contribution in [3.8, 4) is 11.8 Å². The van der Waals surface area contributed by atoms with E-state index in [-0.39, 0.29) is 29.9 Å². The number of amides is 3. The van der Waals surface area contributed by atoms with E-state index in [2.05, 4.69) is 53.5 Å². The van der Waals surface area contributed by atoms with E-state index >= 15 is 0 Å². The molecule has 0 spiro atoms. The first-order valence-electron chi connectivity index (χ1n) is 19.3. The molecule has 3 aromatic rings. The number of piperidine rings is 2. The summed E-state index contributed by atoms with van der Waals surface area (Å²) in [6, 6.07) is 18.0. The predicted molar refractivity (Wildman–Crippen MR) is 210 cm³/mol. The first kappa shape index (κ1) is 38.1. The van der Waals surface area contributed by atoms with Crippen molar-refractivity contribution < 1.29 is 19.1 Å². The van der Waals surface area contributed by atoms with Crippen LogP contribution in [0.5, 0.6) is 5.75 Å². The highest BCUT2D eigenvalue weighted by Crippen LogP contribution is 2.28. The normalized spacial score (nSPS) is 22.4. The first-order valence-corrected chi connectivity index (χ1v) is 19.7. The van der Waals surface area contributed by atoms with Crippen molar-refractivity contribution in [2.24, 2.45) is 5.92 Å². The summed E-state index contributed by atoms with van der Waals surface area (Å²) in [6.07, 6.45) is 6.58. The predicted octanol–water partition coefficient (Wildman–Crippen LogP) is 4.68. The quantitative estimate of drug-likeness (QED) is 0.265. The second-order valence-corrected chi connectivity index (χ2v) is 15.4. The summed E-state index contributed by atoms with van der Waals surface area (Å²) >= 11 is 6.15. The van der Waals surface area contributed by atoms with Gasteiger partial charge in [-0.2, -0.15) is 5.26 Å². The topological polar surface area (TPSA) is 156 Å². The molecule has 3 aliphatic heterocycles. The Hall–Kier alpha value is -5.19. The average Bonchev–Trinajstić information content (AvgIpc) is 3.20. The van der Waals surface area contributed by atoms with E-state index in [4.69, 9.17) is 21.6 Å². The van der Waals surface area contributed by atoms with E-state index in [1.54, 1.807) is 30.3 Å². The Morgan fingerprint density at radius 3 is 2.36 bits per heavy atom. The molecule has 3 amide bonds. The van der Waals surface area contributed by atoms with Crippen molar-refractivity contribution in [2.75, 3.05) is 55.6 Å². The third kappa shape index (κ3) is 9.74. The van der Waals surface area contributed by atoms with Gasteiger partial charge in [0.15, 0.2) is 11.5 Å². The zero-order valence-corrected chi connectivity index (χ0v) is 31.8. The van der Waals surface area contributed by atoms with Gasteiger partial charge in [0.2, 0.25) is 5.91 Å². The Morgan fingerprint density at radius 2 is 1.67 bits per heavy atom. The van der Waals surface area contributed by atoms with Gasteiger partial charge in [0, 0.05) is 74.9 Å². The Bertz CT molecular complexity index is 1910. The van der Waals surface area contributed by atoms with Crippen LogP contribution in [0.3, 0.4) is 0 Å². The van der Waals surface area contributed by atoms with Crippen LogP contribution in [0.25, 0.3) is 0 Å². The molecule has 4 aliphatic rings. The standard InChI is InChI=1S/C41H48ClN9O4/c1-27-5-12-36(40(53)44-27)46-39(52)29-3-2-4-32(23-29)50-21-19-49(20-22-50)26-28-15-17-51(18-16-28)38-14-13-37(47-48-38)41(54)45-31-7-10-33(11-8-31)55-34-9-6-30(25-43)35(42)24-34/h2-4,6,9,13-14,23-24,28,31,33,36H,1,5,7-8,10-12,15-22,26H2,(H,44,53)(H,45,54)(H,46,52). The number of anilines is 2. The number of piperazine rings is 1. The molecule has 0 radical (unpaired) electrons. The van der Waals surface area contributed by atoms with E-state index in [0.29, 0.717) is 52.0 Å². The van der Waals surface area contributed by atoms with Crippen molar-refractivity contribution >= 4 is 40.8 Å².